The van der Waals surface area contributed by atoms with Crippen molar-refractivity contribution >= 4 is 5.91 Å². The van der Waals surface area contributed by atoms with Crippen LogP contribution >= 0.6 is 0 Å². The molecular formula is C13H25NO2. The Morgan fingerprint density at radius 3 is 2.31 bits per heavy atom. The molecule has 1 unspecified atom stereocenters. The molecule has 0 aromatic heterocycles. The van der Waals surface area contributed by atoms with E-state index < -0.39 is 0 Å². The maximum atomic E-state index is 12.0. The second kappa shape index (κ2) is 5.17. The van der Waals surface area contributed by atoms with Gasteiger partial charge in [-0.25, -0.2) is 0 Å². The van der Waals surface area contributed by atoms with Crippen LogP contribution in [0.3, 0.4) is 0 Å². The monoisotopic (exact) mass is 227 g/mol. The van der Waals surface area contributed by atoms with Gasteiger partial charge in [0.1, 0.15) is 6.10 Å². The number of rotatable bonds is 5. The molecule has 1 aliphatic carbocycles. The number of hydrogen-bond acceptors (Lipinski definition) is 2. The SMILES string of the molecule is CC(C)NC(=O)C(OCC1CC1)C(C)(C)C. The van der Waals surface area contributed by atoms with Crippen LogP contribution in [-0.2, 0) is 9.53 Å². The van der Waals surface area contributed by atoms with Crippen molar-refractivity contribution in [2.24, 2.45) is 11.3 Å². The summed E-state index contributed by atoms with van der Waals surface area (Å²) in [6.45, 7) is 10.8. The van der Waals surface area contributed by atoms with Crippen molar-refractivity contribution in [1.29, 1.82) is 0 Å². The third-order valence-corrected chi connectivity index (χ3v) is 2.65. The summed E-state index contributed by atoms with van der Waals surface area (Å²) >= 11 is 0. The summed E-state index contributed by atoms with van der Waals surface area (Å²) in [5.74, 6) is 0.708. The van der Waals surface area contributed by atoms with E-state index in [4.69, 9.17) is 4.74 Å². The molecule has 0 aromatic rings. The van der Waals surface area contributed by atoms with Crippen molar-refractivity contribution in [3.63, 3.8) is 0 Å². The van der Waals surface area contributed by atoms with Crippen LogP contribution in [0.25, 0.3) is 0 Å². The van der Waals surface area contributed by atoms with E-state index >= 15 is 0 Å². The fraction of sp³-hybridized carbons (Fsp3) is 0.923. The summed E-state index contributed by atoms with van der Waals surface area (Å²) in [5.41, 5.74) is -0.145. The quantitative estimate of drug-likeness (QED) is 0.783. The zero-order chi connectivity index (χ0) is 12.3. The first-order valence-electron chi connectivity index (χ1n) is 6.22. The molecule has 0 saturated heterocycles. The van der Waals surface area contributed by atoms with Crippen molar-refractivity contribution in [1.82, 2.24) is 5.32 Å². The van der Waals surface area contributed by atoms with Crippen LogP contribution < -0.4 is 5.32 Å². The van der Waals surface area contributed by atoms with Gasteiger partial charge < -0.3 is 10.1 Å². The van der Waals surface area contributed by atoms with Gasteiger partial charge in [-0.3, -0.25) is 4.79 Å². The predicted molar refractivity (Wildman–Crippen MR) is 65.2 cm³/mol. The third kappa shape index (κ3) is 4.52. The van der Waals surface area contributed by atoms with Gasteiger partial charge >= 0.3 is 0 Å². The standard InChI is InChI=1S/C13H25NO2/c1-9(2)14-12(15)11(13(3,4)5)16-8-10-6-7-10/h9-11H,6-8H2,1-5H3,(H,14,15). The molecule has 1 aliphatic rings. The first-order valence-corrected chi connectivity index (χ1v) is 6.22. The Morgan fingerprint density at radius 1 is 1.38 bits per heavy atom. The Bertz CT molecular complexity index is 239. The average molecular weight is 227 g/mol. The summed E-state index contributed by atoms with van der Waals surface area (Å²) in [7, 11) is 0. The summed E-state index contributed by atoms with van der Waals surface area (Å²) in [5, 5.41) is 2.93. The highest BCUT2D eigenvalue weighted by molar-refractivity contribution is 5.81. The second-order valence-electron chi connectivity index (χ2n) is 6.19. The molecule has 1 saturated carbocycles. The van der Waals surface area contributed by atoms with Crippen molar-refractivity contribution in [2.75, 3.05) is 6.61 Å². The lowest BCUT2D eigenvalue weighted by molar-refractivity contribution is -0.141. The van der Waals surface area contributed by atoms with E-state index in [9.17, 15) is 4.79 Å². The maximum absolute atomic E-state index is 12.0. The van der Waals surface area contributed by atoms with E-state index in [0.717, 1.165) is 6.61 Å². The van der Waals surface area contributed by atoms with Crippen molar-refractivity contribution in [3.8, 4) is 0 Å². The highest BCUT2D eigenvalue weighted by atomic mass is 16.5. The summed E-state index contributed by atoms with van der Waals surface area (Å²) in [6.07, 6.45) is 2.17. The van der Waals surface area contributed by atoms with Crippen LogP contribution in [0.15, 0.2) is 0 Å². The molecule has 1 fully saturated rings. The molecule has 3 nitrogen and oxygen atoms in total. The van der Waals surface area contributed by atoms with Gasteiger partial charge in [-0.2, -0.15) is 0 Å². The molecule has 0 heterocycles. The lowest BCUT2D eigenvalue weighted by Crippen LogP contribution is -2.46. The van der Waals surface area contributed by atoms with Crippen LogP contribution in [0, 0.1) is 11.3 Å². The molecule has 0 bridgehead atoms. The molecule has 3 heteroatoms. The largest absolute Gasteiger partial charge is 0.368 e. The van der Waals surface area contributed by atoms with Crippen molar-refractivity contribution in [2.45, 2.75) is 59.6 Å². The maximum Gasteiger partial charge on any atom is 0.249 e. The zero-order valence-electron chi connectivity index (χ0n) is 11.2. The molecule has 1 atom stereocenters. The molecule has 0 aliphatic heterocycles. The lowest BCUT2D eigenvalue weighted by atomic mass is 9.88. The minimum Gasteiger partial charge on any atom is -0.368 e. The first-order chi connectivity index (χ1) is 7.30. The summed E-state index contributed by atoms with van der Waals surface area (Å²) in [4.78, 5) is 12.0. The lowest BCUT2D eigenvalue weighted by Gasteiger charge is -2.30. The normalized spacial score (nSPS) is 18.6. The summed E-state index contributed by atoms with van der Waals surface area (Å²) in [6, 6.07) is 0.168. The molecule has 1 amide bonds. The second-order valence-corrected chi connectivity index (χ2v) is 6.19. The van der Waals surface area contributed by atoms with Crippen LogP contribution in [-0.4, -0.2) is 24.7 Å². The van der Waals surface area contributed by atoms with Gasteiger partial charge in [0.05, 0.1) is 6.61 Å². The zero-order valence-corrected chi connectivity index (χ0v) is 11.2. The Hall–Kier alpha value is -0.570. The molecule has 0 radical (unpaired) electrons. The van der Waals surface area contributed by atoms with E-state index in [0.29, 0.717) is 5.92 Å². The number of carbonyl (C=O) groups is 1. The van der Waals surface area contributed by atoms with E-state index in [2.05, 4.69) is 5.32 Å². The molecule has 1 N–H and O–H groups in total. The van der Waals surface area contributed by atoms with Gasteiger partial charge in [0, 0.05) is 6.04 Å². The van der Waals surface area contributed by atoms with Gasteiger partial charge in [0.15, 0.2) is 0 Å². The number of ether oxygens (including phenoxy) is 1. The van der Waals surface area contributed by atoms with E-state index in [1.807, 2.05) is 34.6 Å². The number of amides is 1. The Labute approximate surface area is 98.9 Å². The van der Waals surface area contributed by atoms with Crippen LogP contribution in [0.4, 0.5) is 0 Å². The minimum absolute atomic E-state index is 0.0168. The Kier molecular flexibility index (Phi) is 4.36. The fourth-order valence-corrected chi connectivity index (χ4v) is 1.60. The molecule has 1 rings (SSSR count). The number of hydrogen-bond donors (Lipinski definition) is 1. The van der Waals surface area contributed by atoms with E-state index in [1.54, 1.807) is 0 Å². The van der Waals surface area contributed by atoms with Crippen LogP contribution in [0.2, 0.25) is 0 Å². The smallest absolute Gasteiger partial charge is 0.249 e. The van der Waals surface area contributed by atoms with Gasteiger partial charge in [-0.1, -0.05) is 20.8 Å². The predicted octanol–water partition coefficient (Wildman–Crippen LogP) is 2.35. The van der Waals surface area contributed by atoms with Crippen molar-refractivity contribution in [3.05, 3.63) is 0 Å². The van der Waals surface area contributed by atoms with Gasteiger partial charge in [-0.15, -0.1) is 0 Å². The molecule has 0 spiro atoms. The number of carbonyl (C=O) groups excluding carboxylic acids is 1. The Morgan fingerprint density at radius 2 is 1.94 bits per heavy atom. The fourth-order valence-electron chi connectivity index (χ4n) is 1.60. The van der Waals surface area contributed by atoms with Crippen LogP contribution in [0.1, 0.15) is 47.5 Å². The Balaban J connectivity index is 2.51. The highest BCUT2D eigenvalue weighted by Gasteiger charge is 2.34. The van der Waals surface area contributed by atoms with E-state index in [1.165, 1.54) is 12.8 Å². The molecule has 16 heavy (non-hydrogen) atoms. The molecule has 94 valence electrons. The average Bonchev–Trinajstić information content (AvgIpc) is 2.83. The minimum atomic E-state index is -0.338. The molecular weight excluding hydrogens is 202 g/mol. The van der Waals surface area contributed by atoms with Gasteiger partial charge in [0.25, 0.3) is 0 Å². The first kappa shape index (κ1) is 13.5. The van der Waals surface area contributed by atoms with Gasteiger partial charge in [0.2, 0.25) is 5.91 Å². The van der Waals surface area contributed by atoms with Crippen LogP contribution in [0.5, 0.6) is 0 Å². The van der Waals surface area contributed by atoms with Crippen molar-refractivity contribution < 1.29 is 9.53 Å². The third-order valence-electron chi connectivity index (χ3n) is 2.65. The topological polar surface area (TPSA) is 38.3 Å². The van der Waals surface area contributed by atoms with Gasteiger partial charge in [-0.05, 0) is 38.0 Å². The van der Waals surface area contributed by atoms with E-state index in [-0.39, 0.29) is 23.5 Å². The number of nitrogens with one attached hydrogen (secondary N) is 1. The highest BCUT2D eigenvalue weighted by Crippen LogP contribution is 2.31. The molecule has 0 aromatic carbocycles. The summed E-state index contributed by atoms with van der Waals surface area (Å²) < 4.78 is 5.78.